The van der Waals surface area contributed by atoms with Crippen LogP contribution in [0.2, 0.25) is 0 Å². The van der Waals surface area contributed by atoms with Crippen molar-refractivity contribution in [3.05, 3.63) is 59.2 Å². The molecule has 1 heterocycles. The fourth-order valence-electron chi connectivity index (χ4n) is 2.61. The van der Waals surface area contributed by atoms with Crippen LogP contribution in [0.3, 0.4) is 0 Å². The molecule has 2 N–H and O–H groups in total. The number of halogens is 3. The molecule has 2 aromatic rings. The van der Waals surface area contributed by atoms with Crippen LogP contribution in [-0.4, -0.2) is 24.4 Å². The molecule has 26 heavy (non-hydrogen) atoms. The van der Waals surface area contributed by atoms with Crippen molar-refractivity contribution >= 4 is 5.91 Å². The van der Waals surface area contributed by atoms with Crippen molar-refractivity contribution in [2.45, 2.75) is 18.7 Å². The Kier molecular flexibility index (Phi) is 4.53. The van der Waals surface area contributed by atoms with Gasteiger partial charge in [0.25, 0.3) is 5.91 Å². The minimum absolute atomic E-state index is 0.0753. The lowest BCUT2D eigenvalue weighted by Crippen LogP contribution is -2.39. The zero-order valence-corrected chi connectivity index (χ0v) is 13.8. The normalized spacial score (nSPS) is 15.4. The van der Waals surface area contributed by atoms with Gasteiger partial charge in [0.15, 0.2) is 11.5 Å². The first-order valence-electron chi connectivity index (χ1n) is 7.75. The Morgan fingerprint density at radius 3 is 2.58 bits per heavy atom. The van der Waals surface area contributed by atoms with Crippen molar-refractivity contribution in [2.24, 2.45) is 0 Å². The molecule has 0 spiro atoms. The summed E-state index contributed by atoms with van der Waals surface area (Å²) in [7, 11) is 0. The van der Waals surface area contributed by atoms with E-state index in [1.54, 1.807) is 18.2 Å². The number of alkyl halides is 3. The largest absolute Gasteiger partial charge is 0.454 e. The van der Waals surface area contributed by atoms with E-state index in [2.05, 4.69) is 5.32 Å². The summed E-state index contributed by atoms with van der Waals surface area (Å²) in [5.41, 5.74) is -2.60. The van der Waals surface area contributed by atoms with Gasteiger partial charge in [0.1, 0.15) is 5.60 Å². The molecular formula is C18H16F3NO4. The number of rotatable bonds is 4. The van der Waals surface area contributed by atoms with E-state index >= 15 is 0 Å². The molecule has 0 aromatic heterocycles. The third-order valence-corrected chi connectivity index (χ3v) is 4.06. The summed E-state index contributed by atoms with van der Waals surface area (Å²) in [5.74, 6) is 0.0724. The molecule has 3 rings (SSSR count). The lowest BCUT2D eigenvalue weighted by Gasteiger charge is -2.25. The van der Waals surface area contributed by atoms with Crippen LogP contribution in [0.4, 0.5) is 13.2 Å². The summed E-state index contributed by atoms with van der Waals surface area (Å²) in [4.78, 5) is 12.2. The average molecular weight is 367 g/mol. The Labute approximate surface area is 147 Å². The van der Waals surface area contributed by atoms with Crippen LogP contribution in [0.5, 0.6) is 11.5 Å². The number of nitrogens with one attached hydrogen (secondary N) is 1. The fourth-order valence-corrected chi connectivity index (χ4v) is 2.61. The molecule has 0 saturated carbocycles. The van der Waals surface area contributed by atoms with Crippen LogP contribution in [0.25, 0.3) is 0 Å². The minimum Gasteiger partial charge on any atom is -0.454 e. The highest BCUT2D eigenvalue weighted by molar-refractivity contribution is 5.95. The smallest absolute Gasteiger partial charge is 0.417 e. The molecule has 138 valence electrons. The lowest BCUT2D eigenvalue weighted by molar-refractivity contribution is -0.137. The first-order valence-corrected chi connectivity index (χ1v) is 7.75. The summed E-state index contributed by atoms with van der Waals surface area (Å²) in [6.45, 7) is 1.24. The standard InChI is InChI=1S/C18H16F3NO4/c1-17(24,11-6-7-14-15(8-11)26-10-25-14)9-22-16(23)12-4-2-3-5-13(12)18(19,20)21/h2-8,24H,9-10H2,1H3,(H,22,23). The van der Waals surface area contributed by atoms with Crippen molar-refractivity contribution in [1.82, 2.24) is 5.32 Å². The van der Waals surface area contributed by atoms with Gasteiger partial charge in [0, 0.05) is 0 Å². The van der Waals surface area contributed by atoms with E-state index < -0.39 is 28.8 Å². The molecular weight excluding hydrogens is 351 g/mol. The van der Waals surface area contributed by atoms with Crippen molar-refractivity contribution in [1.29, 1.82) is 0 Å². The zero-order valence-electron chi connectivity index (χ0n) is 13.8. The van der Waals surface area contributed by atoms with E-state index in [4.69, 9.17) is 9.47 Å². The van der Waals surface area contributed by atoms with E-state index in [-0.39, 0.29) is 13.3 Å². The van der Waals surface area contributed by atoms with Crippen molar-refractivity contribution < 1.29 is 32.5 Å². The Morgan fingerprint density at radius 2 is 1.85 bits per heavy atom. The van der Waals surface area contributed by atoms with Gasteiger partial charge in [0.05, 0.1) is 17.7 Å². The number of carbonyl (C=O) groups excluding carboxylic acids is 1. The molecule has 0 fully saturated rings. The molecule has 8 heteroatoms. The van der Waals surface area contributed by atoms with E-state index in [0.717, 1.165) is 12.1 Å². The summed E-state index contributed by atoms with van der Waals surface area (Å²) < 4.78 is 49.5. The SMILES string of the molecule is CC(O)(CNC(=O)c1ccccc1C(F)(F)F)c1ccc2c(c1)OCO2. The first-order chi connectivity index (χ1) is 12.2. The Bertz CT molecular complexity index is 833. The molecule has 0 aliphatic carbocycles. The molecule has 0 bridgehead atoms. The number of aliphatic hydroxyl groups is 1. The van der Waals surface area contributed by atoms with Crippen molar-refractivity contribution in [3.63, 3.8) is 0 Å². The third-order valence-electron chi connectivity index (χ3n) is 4.06. The highest BCUT2D eigenvalue weighted by Gasteiger charge is 2.35. The number of fused-ring (bicyclic) bond motifs is 1. The summed E-state index contributed by atoms with van der Waals surface area (Å²) >= 11 is 0. The van der Waals surface area contributed by atoms with E-state index in [9.17, 15) is 23.1 Å². The van der Waals surface area contributed by atoms with Gasteiger partial charge in [-0.2, -0.15) is 13.2 Å². The number of hydrogen-bond donors (Lipinski definition) is 2. The maximum absolute atomic E-state index is 13.0. The summed E-state index contributed by atoms with van der Waals surface area (Å²) in [5, 5.41) is 13.0. The molecule has 1 aliphatic heterocycles. The highest BCUT2D eigenvalue weighted by Crippen LogP contribution is 2.36. The Morgan fingerprint density at radius 1 is 1.15 bits per heavy atom. The van der Waals surface area contributed by atoms with Crippen LogP contribution in [0.15, 0.2) is 42.5 Å². The van der Waals surface area contributed by atoms with Gasteiger partial charge in [-0.15, -0.1) is 0 Å². The first kappa shape index (κ1) is 18.1. The van der Waals surface area contributed by atoms with Crippen LogP contribution < -0.4 is 14.8 Å². The number of benzene rings is 2. The molecule has 1 aliphatic rings. The average Bonchev–Trinajstić information content (AvgIpc) is 3.06. The van der Waals surface area contributed by atoms with E-state index in [1.807, 2.05) is 0 Å². The predicted molar refractivity (Wildman–Crippen MR) is 85.9 cm³/mol. The third kappa shape index (κ3) is 3.60. The second-order valence-corrected chi connectivity index (χ2v) is 6.07. The van der Waals surface area contributed by atoms with Gasteiger partial charge in [-0.05, 0) is 36.8 Å². The van der Waals surface area contributed by atoms with Gasteiger partial charge < -0.3 is 19.9 Å². The lowest BCUT2D eigenvalue weighted by atomic mass is 9.95. The maximum atomic E-state index is 13.0. The van der Waals surface area contributed by atoms with Crippen molar-refractivity contribution in [2.75, 3.05) is 13.3 Å². The van der Waals surface area contributed by atoms with Crippen molar-refractivity contribution in [3.8, 4) is 11.5 Å². The number of amides is 1. The van der Waals surface area contributed by atoms with Crippen LogP contribution in [0, 0.1) is 0 Å². The number of carbonyl (C=O) groups is 1. The number of hydrogen-bond acceptors (Lipinski definition) is 4. The molecule has 1 unspecified atom stereocenters. The summed E-state index contributed by atoms with van der Waals surface area (Å²) in [6.07, 6.45) is -4.65. The van der Waals surface area contributed by atoms with Crippen LogP contribution >= 0.6 is 0 Å². The maximum Gasteiger partial charge on any atom is 0.417 e. The molecule has 0 radical (unpaired) electrons. The second-order valence-electron chi connectivity index (χ2n) is 6.07. The zero-order chi connectivity index (χ0) is 18.9. The molecule has 2 aromatic carbocycles. The van der Waals surface area contributed by atoms with E-state index in [1.165, 1.54) is 19.1 Å². The number of ether oxygens (including phenoxy) is 2. The minimum atomic E-state index is -4.65. The molecule has 1 atom stereocenters. The topological polar surface area (TPSA) is 67.8 Å². The van der Waals surface area contributed by atoms with Crippen LogP contribution in [-0.2, 0) is 11.8 Å². The molecule has 5 nitrogen and oxygen atoms in total. The molecule has 0 saturated heterocycles. The van der Waals surface area contributed by atoms with Gasteiger partial charge in [0.2, 0.25) is 6.79 Å². The Hall–Kier alpha value is -2.74. The molecule has 1 amide bonds. The highest BCUT2D eigenvalue weighted by atomic mass is 19.4. The van der Waals surface area contributed by atoms with Gasteiger partial charge in [-0.25, -0.2) is 0 Å². The Balaban J connectivity index is 1.75. The predicted octanol–water partition coefficient (Wildman–Crippen LogP) is 3.07. The van der Waals surface area contributed by atoms with Gasteiger partial charge in [-0.3, -0.25) is 4.79 Å². The van der Waals surface area contributed by atoms with Gasteiger partial charge >= 0.3 is 6.18 Å². The van der Waals surface area contributed by atoms with Crippen LogP contribution in [0.1, 0.15) is 28.4 Å². The fraction of sp³-hybridized carbons (Fsp3) is 0.278. The van der Waals surface area contributed by atoms with E-state index in [0.29, 0.717) is 17.1 Å². The van der Waals surface area contributed by atoms with Gasteiger partial charge in [-0.1, -0.05) is 18.2 Å². The quantitative estimate of drug-likeness (QED) is 0.872. The monoisotopic (exact) mass is 367 g/mol. The second kappa shape index (κ2) is 6.53. The summed E-state index contributed by atoms with van der Waals surface area (Å²) in [6, 6.07) is 9.27.